The van der Waals surface area contributed by atoms with Crippen molar-refractivity contribution in [1.29, 1.82) is 0 Å². The van der Waals surface area contributed by atoms with Crippen molar-refractivity contribution in [2.45, 2.75) is 25.8 Å². The van der Waals surface area contributed by atoms with Crippen LogP contribution in [-0.2, 0) is 0 Å². The normalized spacial score (nSPS) is 14.4. The van der Waals surface area contributed by atoms with E-state index < -0.39 is 0 Å². The lowest BCUT2D eigenvalue weighted by Gasteiger charge is -2.20. The quantitative estimate of drug-likeness (QED) is 0.879. The van der Waals surface area contributed by atoms with Gasteiger partial charge in [-0.1, -0.05) is 6.08 Å². The summed E-state index contributed by atoms with van der Waals surface area (Å²) >= 11 is 1.38. The fourth-order valence-corrected chi connectivity index (χ4v) is 3.40. The highest BCUT2D eigenvalue weighted by Crippen LogP contribution is 2.36. The Morgan fingerprint density at radius 1 is 1.60 bits per heavy atom. The topological polar surface area (TPSA) is 59.2 Å². The molecule has 0 bridgehead atoms. The summed E-state index contributed by atoms with van der Waals surface area (Å²) in [4.78, 5) is 20.4. The molecule has 0 unspecified atom stereocenters. The Morgan fingerprint density at radius 3 is 3.00 bits per heavy atom. The van der Waals surface area contributed by atoms with Gasteiger partial charge < -0.3 is 10.6 Å². The second kappa shape index (κ2) is 4.90. The second-order valence-electron chi connectivity index (χ2n) is 5.13. The summed E-state index contributed by atoms with van der Waals surface area (Å²) in [5, 5.41) is 0.873. The number of pyridine rings is 1. The molecule has 5 heteroatoms. The minimum atomic E-state index is 0.00514. The van der Waals surface area contributed by atoms with Gasteiger partial charge in [0.2, 0.25) is 0 Å². The minimum absolute atomic E-state index is 0.00514. The molecule has 0 spiro atoms. The van der Waals surface area contributed by atoms with Gasteiger partial charge in [-0.2, -0.15) is 0 Å². The molecule has 1 amide bonds. The number of carbonyl (C=O) groups is 1. The molecule has 1 aliphatic carbocycles. The van der Waals surface area contributed by atoms with E-state index in [0.717, 1.165) is 28.8 Å². The van der Waals surface area contributed by atoms with Crippen molar-refractivity contribution < 1.29 is 4.79 Å². The zero-order valence-electron chi connectivity index (χ0n) is 11.4. The maximum absolute atomic E-state index is 12.7. The van der Waals surface area contributed by atoms with Gasteiger partial charge in [-0.3, -0.25) is 4.79 Å². The number of thiophene rings is 1. The highest BCUT2D eigenvalue weighted by atomic mass is 32.1. The highest BCUT2D eigenvalue weighted by Gasteiger charge is 2.34. The Hall–Kier alpha value is -1.88. The van der Waals surface area contributed by atoms with Crippen molar-refractivity contribution in [2.75, 3.05) is 12.3 Å². The van der Waals surface area contributed by atoms with Crippen molar-refractivity contribution in [3.8, 4) is 0 Å². The summed E-state index contributed by atoms with van der Waals surface area (Å²) in [5.41, 5.74) is 7.63. The SMILES string of the molecule is C=CCN(C(=O)c1sc2nc(C)ccc2c1N)C1CC1. The summed E-state index contributed by atoms with van der Waals surface area (Å²) in [6.07, 6.45) is 3.91. The second-order valence-corrected chi connectivity index (χ2v) is 6.13. The molecule has 20 heavy (non-hydrogen) atoms. The molecule has 2 heterocycles. The van der Waals surface area contributed by atoms with Crippen LogP contribution in [0.2, 0.25) is 0 Å². The average Bonchev–Trinajstić information content (AvgIpc) is 3.20. The van der Waals surface area contributed by atoms with Crippen molar-refractivity contribution in [1.82, 2.24) is 9.88 Å². The molecule has 1 aliphatic rings. The van der Waals surface area contributed by atoms with Crippen LogP contribution in [-0.4, -0.2) is 28.4 Å². The van der Waals surface area contributed by atoms with Crippen molar-refractivity contribution in [2.24, 2.45) is 0 Å². The van der Waals surface area contributed by atoms with Gasteiger partial charge in [0.25, 0.3) is 5.91 Å². The lowest BCUT2D eigenvalue weighted by Crippen LogP contribution is -2.33. The number of nitrogens with zero attached hydrogens (tertiary/aromatic N) is 2. The molecule has 4 nitrogen and oxygen atoms in total. The Bertz CT molecular complexity index is 688. The van der Waals surface area contributed by atoms with E-state index in [-0.39, 0.29) is 5.91 Å². The number of hydrogen-bond donors (Lipinski definition) is 1. The zero-order valence-corrected chi connectivity index (χ0v) is 12.2. The largest absolute Gasteiger partial charge is 0.397 e. The van der Waals surface area contributed by atoms with E-state index in [2.05, 4.69) is 11.6 Å². The summed E-state index contributed by atoms with van der Waals surface area (Å²) in [6.45, 7) is 6.24. The zero-order chi connectivity index (χ0) is 14.3. The molecule has 2 aromatic rings. The Kier molecular flexibility index (Phi) is 3.22. The number of nitrogens with two attached hydrogens (primary N) is 1. The number of amides is 1. The first-order valence-corrected chi connectivity index (χ1v) is 7.51. The number of fused-ring (bicyclic) bond motifs is 1. The number of hydrogen-bond acceptors (Lipinski definition) is 4. The van der Waals surface area contributed by atoms with Crippen LogP contribution in [0.15, 0.2) is 24.8 Å². The Balaban J connectivity index is 2.02. The van der Waals surface area contributed by atoms with Gasteiger partial charge >= 0.3 is 0 Å². The maximum Gasteiger partial charge on any atom is 0.266 e. The lowest BCUT2D eigenvalue weighted by atomic mass is 10.2. The van der Waals surface area contributed by atoms with Crippen LogP contribution in [0.4, 0.5) is 5.69 Å². The number of nitrogen functional groups attached to an aromatic ring is 1. The Morgan fingerprint density at radius 2 is 2.35 bits per heavy atom. The predicted octanol–water partition coefficient (Wildman–Crippen LogP) is 2.98. The summed E-state index contributed by atoms with van der Waals surface area (Å²) < 4.78 is 0. The van der Waals surface area contributed by atoms with Crippen LogP contribution in [0.1, 0.15) is 28.2 Å². The van der Waals surface area contributed by atoms with E-state index in [1.165, 1.54) is 11.3 Å². The number of rotatable bonds is 4. The van der Waals surface area contributed by atoms with Crippen molar-refractivity contribution in [3.05, 3.63) is 35.4 Å². The van der Waals surface area contributed by atoms with E-state index in [4.69, 9.17) is 5.73 Å². The Labute approximate surface area is 121 Å². The molecule has 1 saturated carbocycles. The van der Waals surface area contributed by atoms with Crippen LogP contribution in [0, 0.1) is 6.92 Å². The van der Waals surface area contributed by atoms with Gasteiger partial charge in [0.05, 0.1) is 5.69 Å². The summed E-state index contributed by atoms with van der Waals surface area (Å²) in [6, 6.07) is 4.21. The van der Waals surface area contributed by atoms with Gasteiger partial charge in [-0.25, -0.2) is 4.98 Å². The van der Waals surface area contributed by atoms with E-state index >= 15 is 0 Å². The predicted molar refractivity (Wildman–Crippen MR) is 83.0 cm³/mol. The fraction of sp³-hybridized carbons (Fsp3) is 0.333. The molecule has 0 radical (unpaired) electrons. The van der Waals surface area contributed by atoms with E-state index in [0.29, 0.717) is 23.2 Å². The van der Waals surface area contributed by atoms with Crippen molar-refractivity contribution in [3.63, 3.8) is 0 Å². The van der Waals surface area contributed by atoms with Gasteiger partial charge in [0.1, 0.15) is 9.71 Å². The number of carbonyl (C=O) groups excluding carboxylic acids is 1. The first-order valence-electron chi connectivity index (χ1n) is 6.69. The smallest absolute Gasteiger partial charge is 0.266 e. The van der Waals surface area contributed by atoms with E-state index in [9.17, 15) is 4.79 Å². The van der Waals surface area contributed by atoms with Crippen LogP contribution >= 0.6 is 11.3 Å². The van der Waals surface area contributed by atoms with Gasteiger partial charge in [0.15, 0.2) is 0 Å². The first kappa shape index (κ1) is 13.1. The molecule has 0 aliphatic heterocycles. The third kappa shape index (κ3) is 2.18. The molecule has 0 atom stereocenters. The number of aryl methyl sites for hydroxylation is 1. The van der Waals surface area contributed by atoms with Gasteiger partial charge in [0, 0.05) is 23.7 Å². The highest BCUT2D eigenvalue weighted by molar-refractivity contribution is 7.21. The fourth-order valence-electron chi connectivity index (χ4n) is 2.30. The maximum atomic E-state index is 12.7. The molecular weight excluding hydrogens is 270 g/mol. The molecule has 0 saturated heterocycles. The third-order valence-electron chi connectivity index (χ3n) is 3.50. The standard InChI is InChI=1S/C15H17N3OS/c1-3-8-18(10-5-6-10)15(19)13-12(16)11-7-4-9(2)17-14(11)20-13/h3-4,7,10H,1,5-6,8,16H2,2H3. The third-order valence-corrected chi connectivity index (χ3v) is 4.60. The van der Waals surface area contributed by atoms with Crippen LogP contribution < -0.4 is 5.73 Å². The molecule has 1 fully saturated rings. The minimum Gasteiger partial charge on any atom is -0.397 e. The van der Waals surface area contributed by atoms with Crippen LogP contribution in [0.25, 0.3) is 10.2 Å². The molecule has 104 valence electrons. The number of anilines is 1. The van der Waals surface area contributed by atoms with E-state index in [1.807, 2.05) is 24.0 Å². The lowest BCUT2D eigenvalue weighted by molar-refractivity contribution is 0.0768. The summed E-state index contributed by atoms with van der Waals surface area (Å²) in [7, 11) is 0. The number of aromatic nitrogens is 1. The first-order chi connectivity index (χ1) is 9.61. The molecule has 2 aromatic heterocycles. The van der Waals surface area contributed by atoms with E-state index in [1.54, 1.807) is 6.08 Å². The van der Waals surface area contributed by atoms with Crippen LogP contribution in [0.3, 0.4) is 0 Å². The van der Waals surface area contributed by atoms with Crippen molar-refractivity contribution >= 4 is 33.1 Å². The van der Waals surface area contributed by atoms with Crippen LogP contribution in [0.5, 0.6) is 0 Å². The monoisotopic (exact) mass is 287 g/mol. The molecule has 0 aromatic carbocycles. The average molecular weight is 287 g/mol. The summed E-state index contributed by atoms with van der Waals surface area (Å²) in [5.74, 6) is 0.00514. The molecular formula is C15H17N3OS. The molecule has 3 rings (SSSR count). The van der Waals surface area contributed by atoms with Gasteiger partial charge in [-0.15, -0.1) is 17.9 Å². The van der Waals surface area contributed by atoms with Gasteiger partial charge in [-0.05, 0) is 31.9 Å². The molecule has 2 N–H and O–H groups in total.